The molecule has 17 heavy (non-hydrogen) atoms. The molecule has 3 heteroatoms. The van der Waals surface area contributed by atoms with E-state index in [0.29, 0.717) is 6.04 Å². The lowest BCUT2D eigenvalue weighted by molar-refractivity contribution is 0.452. The molecule has 1 N–H and O–H groups in total. The molecule has 1 unspecified atom stereocenters. The van der Waals surface area contributed by atoms with Gasteiger partial charge in [-0.3, -0.25) is 0 Å². The van der Waals surface area contributed by atoms with E-state index in [9.17, 15) is 0 Å². The van der Waals surface area contributed by atoms with Gasteiger partial charge in [0.05, 0.1) is 5.02 Å². The third kappa shape index (κ3) is 5.41. The number of hydrogen-bond donors (Lipinski definition) is 1. The Hall–Kier alpha value is -0.0500. The molecule has 0 amide bonds. The molecule has 0 spiro atoms. The highest BCUT2D eigenvalue weighted by Crippen LogP contribution is 2.31. The lowest BCUT2D eigenvalue weighted by Gasteiger charge is -2.18. The zero-order chi connectivity index (χ0) is 12.7. The molecule has 1 aromatic heterocycles. The lowest BCUT2D eigenvalue weighted by Crippen LogP contribution is -2.21. The maximum absolute atomic E-state index is 6.23. The minimum Gasteiger partial charge on any atom is -0.309 e. The zero-order valence-corrected chi connectivity index (χ0v) is 12.7. The van der Waals surface area contributed by atoms with Crippen LogP contribution in [0.15, 0.2) is 11.4 Å². The zero-order valence-electron chi connectivity index (χ0n) is 11.1. The molecule has 0 bridgehead atoms. The van der Waals surface area contributed by atoms with Crippen LogP contribution in [0.1, 0.15) is 57.4 Å². The maximum Gasteiger partial charge on any atom is 0.0561 e. The molecule has 1 rings (SSSR count). The molecule has 0 fully saturated rings. The Morgan fingerprint density at radius 1 is 1.35 bits per heavy atom. The van der Waals surface area contributed by atoms with Gasteiger partial charge in [0.15, 0.2) is 0 Å². The van der Waals surface area contributed by atoms with Crippen LogP contribution in [0.4, 0.5) is 0 Å². The molecule has 1 aromatic rings. The Kier molecular flexibility index (Phi) is 7.17. The number of rotatable bonds is 8. The summed E-state index contributed by atoms with van der Waals surface area (Å²) >= 11 is 8.00. The predicted octanol–water partition coefficient (Wildman–Crippen LogP) is 5.27. The number of halogens is 1. The van der Waals surface area contributed by atoms with Gasteiger partial charge in [-0.25, -0.2) is 0 Å². The topological polar surface area (TPSA) is 12.0 Å². The molecule has 0 aliphatic heterocycles. The molecule has 0 aliphatic carbocycles. The highest BCUT2D eigenvalue weighted by Gasteiger charge is 2.15. The van der Waals surface area contributed by atoms with Gasteiger partial charge in [-0.2, -0.15) is 0 Å². The van der Waals surface area contributed by atoms with E-state index in [-0.39, 0.29) is 0 Å². The summed E-state index contributed by atoms with van der Waals surface area (Å²) in [5, 5.41) is 6.62. The van der Waals surface area contributed by atoms with Crippen molar-refractivity contribution >= 4 is 22.9 Å². The monoisotopic (exact) mass is 273 g/mol. The summed E-state index contributed by atoms with van der Waals surface area (Å²) in [6.45, 7) is 7.84. The van der Waals surface area contributed by atoms with Crippen molar-refractivity contribution in [2.75, 3.05) is 6.54 Å². The largest absolute Gasteiger partial charge is 0.309 e. The molecule has 0 aromatic carbocycles. The fourth-order valence-electron chi connectivity index (χ4n) is 1.93. The summed E-state index contributed by atoms with van der Waals surface area (Å²) in [5.41, 5.74) is 0. The average Bonchev–Trinajstić information content (AvgIpc) is 2.69. The van der Waals surface area contributed by atoms with Crippen LogP contribution in [-0.4, -0.2) is 6.54 Å². The van der Waals surface area contributed by atoms with Gasteiger partial charge in [-0.1, -0.05) is 45.2 Å². The third-order valence-electron chi connectivity index (χ3n) is 2.88. The van der Waals surface area contributed by atoms with Gasteiger partial charge in [0, 0.05) is 10.9 Å². The molecule has 1 heterocycles. The van der Waals surface area contributed by atoms with Gasteiger partial charge in [-0.15, -0.1) is 11.3 Å². The van der Waals surface area contributed by atoms with Gasteiger partial charge in [0.25, 0.3) is 0 Å². The first-order valence-electron chi connectivity index (χ1n) is 6.61. The number of hydrogen-bond acceptors (Lipinski definition) is 2. The summed E-state index contributed by atoms with van der Waals surface area (Å²) in [6.07, 6.45) is 4.93. The summed E-state index contributed by atoms with van der Waals surface area (Å²) < 4.78 is 0. The van der Waals surface area contributed by atoms with Crippen molar-refractivity contribution in [2.45, 2.75) is 52.5 Å². The molecule has 1 atom stereocenters. The highest BCUT2D eigenvalue weighted by atomic mass is 35.5. The molecule has 0 saturated heterocycles. The first-order valence-corrected chi connectivity index (χ1v) is 7.87. The van der Waals surface area contributed by atoms with Crippen molar-refractivity contribution in [1.29, 1.82) is 0 Å². The molecule has 98 valence electrons. The minimum atomic E-state index is 0.446. The van der Waals surface area contributed by atoms with Crippen LogP contribution in [-0.2, 0) is 0 Å². The SMILES string of the molecule is CCCNC(CCCC(C)C)c1sccc1Cl. The number of thiophene rings is 1. The van der Waals surface area contributed by atoms with Crippen LogP contribution in [0.5, 0.6) is 0 Å². The normalized spacial score (nSPS) is 13.2. The summed E-state index contributed by atoms with van der Waals surface area (Å²) in [6, 6.07) is 2.45. The smallest absolute Gasteiger partial charge is 0.0561 e. The van der Waals surface area contributed by atoms with Crippen molar-refractivity contribution in [1.82, 2.24) is 5.32 Å². The molecule has 0 saturated carbocycles. The van der Waals surface area contributed by atoms with Crippen LogP contribution in [0, 0.1) is 5.92 Å². The maximum atomic E-state index is 6.23. The second kappa shape index (κ2) is 8.12. The predicted molar refractivity (Wildman–Crippen MR) is 79.1 cm³/mol. The van der Waals surface area contributed by atoms with Crippen molar-refractivity contribution in [3.8, 4) is 0 Å². The van der Waals surface area contributed by atoms with Gasteiger partial charge >= 0.3 is 0 Å². The van der Waals surface area contributed by atoms with E-state index in [1.807, 2.05) is 6.07 Å². The fraction of sp³-hybridized carbons (Fsp3) is 0.714. The van der Waals surface area contributed by atoms with E-state index in [1.165, 1.54) is 30.6 Å². The highest BCUT2D eigenvalue weighted by molar-refractivity contribution is 7.10. The Morgan fingerprint density at radius 3 is 2.65 bits per heavy atom. The van der Waals surface area contributed by atoms with Crippen molar-refractivity contribution in [3.63, 3.8) is 0 Å². The quantitative estimate of drug-likeness (QED) is 0.680. The van der Waals surface area contributed by atoms with Crippen molar-refractivity contribution < 1.29 is 0 Å². The fourth-order valence-corrected chi connectivity index (χ4v) is 3.23. The van der Waals surface area contributed by atoms with E-state index in [4.69, 9.17) is 11.6 Å². The van der Waals surface area contributed by atoms with Gasteiger partial charge < -0.3 is 5.32 Å². The second-order valence-electron chi connectivity index (χ2n) is 4.96. The number of nitrogens with one attached hydrogen (secondary N) is 1. The standard InChI is InChI=1S/C14H24ClNS/c1-4-9-16-13(7-5-6-11(2)3)14-12(15)8-10-17-14/h8,10-11,13,16H,4-7,9H2,1-3H3. The van der Waals surface area contributed by atoms with Crippen LogP contribution < -0.4 is 5.32 Å². The first kappa shape index (κ1) is 15.0. The molecular formula is C14H24ClNS. The van der Waals surface area contributed by atoms with Crippen molar-refractivity contribution in [2.24, 2.45) is 5.92 Å². The Morgan fingerprint density at radius 2 is 2.12 bits per heavy atom. The minimum absolute atomic E-state index is 0.446. The molecule has 1 nitrogen and oxygen atoms in total. The Bertz CT molecular complexity index is 309. The van der Waals surface area contributed by atoms with E-state index < -0.39 is 0 Å². The van der Waals surface area contributed by atoms with Gasteiger partial charge in [-0.05, 0) is 36.8 Å². The molecule has 0 aliphatic rings. The average molecular weight is 274 g/mol. The van der Waals surface area contributed by atoms with Crippen LogP contribution >= 0.6 is 22.9 Å². The summed E-state index contributed by atoms with van der Waals surface area (Å²) in [4.78, 5) is 1.31. The van der Waals surface area contributed by atoms with E-state index >= 15 is 0 Å². The van der Waals surface area contributed by atoms with Crippen LogP contribution in [0.3, 0.4) is 0 Å². The van der Waals surface area contributed by atoms with E-state index in [2.05, 4.69) is 31.5 Å². The lowest BCUT2D eigenvalue weighted by atomic mass is 10.0. The van der Waals surface area contributed by atoms with Gasteiger partial charge in [0.2, 0.25) is 0 Å². The second-order valence-corrected chi connectivity index (χ2v) is 6.32. The third-order valence-corrected chi connectivity index (χ3v) is 4.35. The van der Waals surface area contributed by atoms with Gasteiger partial charge in [0.1, 0.15) is 0 Å². The molecule has 0 radical (unpaired) electrons. The Balaban J connectivity index is 2.52. The first-order chi connectivity index (χ1) is 8.15. The van der Waals surface area contributed by atoms with Crippen molar-refractivity contribution in [3.05, 3.63) is 21.3 Å². The van der Waals surface area contributed by atoms with E-state index in [0.717, 1.165) is 17.5 Å². The molecular weight excluding hydrogens is 250 g/mol. The Labute approximate surface area is 115 Å². The van der Waals surface area contributed by atoms with E-state index in [1.54, 1.807) is 11.3 Å². The summed E-state index contributed by atoms with van der Waals surface area (Å²) in [7, 11) is 0. The van der Waals surface area contributed by atoms with Crippen LogP contribution in [0.2, 0.25) is 5.02 Å². The van der Waals surface area contributed by atoms with Crippen LogP contribution in [0.25, 0.3) is 0 Å². The summed E-state index contributed by atoms with van der Waals surface area (Å²) in [5.74, 6) is 0.792.